The SMILES string of the molecule is CN=c1ncc2cc(-c3cccc(N)c3F)c3n(c-2n1)CCN3. The first kappa shape index (κ1) is 13.7. The van der Waals surface area contributed by atoms with Gasteiger partial charge < -0.3 is 15.6 Å². The molecule has 0 fully saturated rings. The summed E-state index contributed by atoms with van der Waals surface area (Å²) in [6.07, 6.45) is 1.71. The van der Waals surface area contributed by atoms with E-state index < -0.39 is 5.82 Å². The second kappa shape index (κ2) is 5.05. The number of hydrogen-bond donors (Lipinski definition) is 2. The normalized spacial score (nSPS) is 14.1. The number of fused-ring (bicyclic) bond motifs is 3. The number of aromatic nitrogens is 3. The van der Waals surface area contributed by atoms with Crippen LogP contribution >= 0.6 is 0 Å². The Morgan fingerprint density at radius 2 is 2.22 bits per heavy atom. The van der Waals surface area contributed by atoms with Gasteiger partial charge in [-0.15, -0.1) is 0 Å². The van der Waals surface area contributed by atoms with Crippen LogP contribution in [-0.4, -0.2) is 28.1 Å². The number of hydrogen-bond acceptors (Lipinski definition) is 5. The predicted molar refractivity (Wildman–Crippen MR) is 86.4 cm³/mol. The lowest BCUT2D eigenvalue weighted by atomic mass is 10.0. The molecule has 0 unspecified atom stereocenters. The summed E-state index contributed by atoms with van der Waals surface area (Å²) in [6.45, 7) is 1.52. The molecule has 0 atom stereocenters. The fourth-order valence-corrected chi connectivity index (χ4v) is 2.93. The molecule has 0 aromatic heterocycles. The number of halogens is 1. The van der Waals surface area contributed by atoms with Crippen molar-refractivity contribution in [2.75, 3.05) is 24.6 Å². The van der Waals surface area contributed by atoms with E-state index in [-0.39, 0.29) is 5.69 Å². The van der Waals surface area contributed by atoms with Gasteiger partial charge in [-0.05, 0) is 12.1 Å². The molecular weight excluding hydrogens is 295 g/mol. The third kappa shape index (κ3) is 2.04. The van der Waals surface area contributed by atoms with E-state index in [2.05, 4.69) is 20.3 Å². The molecule has 0 bridgehead atoms. The highest BCUT2D eigenvalue weighted by atomic mass is 19.1. The van der Waals surface area contributed by atoms with Crippen molar-refractivity contribution in [2.24, 2.45) is 4.99 Å². The third-order valence-electron chi connectivity index (χ3n) is 4.01. The molecule has 0 amide bonds. The summed E-state index contributed by atoms with van der Waals surface area (Å²) in [5.41, 5.74) is 8.34. The van der Waals surface area contributed by atoms with Crippen LogP contribution < -0.4 is 16.7 Å². The minimum absolute atomic E-state index is 0.135. The average Bonchev–Trinajstić information content (AvgIpc) is 3.06. The molecule has 0 spiro atoms. The summed E-state index contributed by atoms with van der Waals surface area (Å²) in [6, 6.07) is 6.92. The third-order valence-corrected chi connectivity index (χ3v) is 4.01. The van der Waals surface area contributed by atoms with Crippen molar-refractivity contribution in [3.63, 3.8) is 0 Å². The summed E-state index contributed by atoms with van der Waals surface area (Å²) in [7, 11) is 1.65. The van der Waals surface area contributed by atoms with E-state index in [0.29, 0.717) is 11.2 Å². The lowest BCUT2D eigenvalue weighted by molar-refractivity contribution is 0.636. The van der Waals surface area contributed by atoms with Gasteiger partial charge in [0, 0.05) is 43.0 Å². The van der Waals surface area contributed by atoms with Crippen molar-refractivity contribution < 1.29 is 4.39 Å². The summed E-state index contributed by atoms with van der Waals surface area (Å²) in [4.78, 5) is 12.7. The van der Waals surface area contributed by atoms with Crippen molar-refractivity contribution in [3.8, 4) is 22.5 Å². The Morgan fingerprint density at radius 1 is 1.35 bits per heavy atom. The molecular formula is C16H15FN6. The Balaban J connectivity index is 2.06. The standard InChI is InChI=1S/C16H15FN6/c1-19-16-21-8-9-7-11(10-3-2-4-12(18)13(10)17)15-20-5-6-23(15)14(9)22-16/h2-4,7-8,20H,5-6,18H2,1H3. The predicted octanol–water partition coefficient (Wildman–Crippen LogP) is 1.73. The summed E-state index contributed by atoms with van der Waals surface area (Å²) >= 11 is 0. The lowest BCUT2D eigenvalue weighted by Gasteiger charge is -2.17. The number of nitrogens with zero attached hydrogens (tertiary/aromatic N) is 4. The fourth-order valence-electron chi connectivity index (χ4n) is 2.93. The van der Waals surface area contributed by atoms with Crippen molar-refractivity contribution in [3.05, 3.63) is 41.9 Å². The number of rotatable bonds is 1. The van der Waals surface area contributed by atoms with Gasteiger partial charge in [-0.25, -0.2) is 9.37 Å². The lowest BCUT2D eigenvalue weighted by Crippen LogP contribution is -2.17. The Morgan fingerprint density at radius 3 is 3.04 bits per heavy atom. The molecule has 0 saturated heterocycles. The van der Waals surface area contributed by atoms with E-state index >= 15 is 0 Å². The maximum absolute atomic E-state index is 14.5. The summed E-state index contributed by atoms with van der Waals surface area (Å²) in [5.74, 6) is 1.21. The molecule has 116 valence electrons. The first-order valence-corrected chi connectivity index (χ1v) is 7.30. The van der Waals surface area contributed by atoms with E-state index in [1.165, 1.54) is 0 Å². The van der Waals surface area contributed by atoms with Gasteiger partial charge >= 0.3 is 0 Å². The molecule has 3 aliphatic rings. The van der Waals surface area contributed by atoms with E-state index in [0.717, 1.165) is 35.9 Å². The van der Waals surface area contributed by atoms with Crippen molar-refractivity contribution in [1.82, 2.24) is 14.5 Å². The smallest absolute Gasteiger partial charge is 0.246 e. The van der Waals surface area contributed by atoms with E-state index in [9.17, 15) is 4.39 Å². The van der Waals surface area contributed by atoms with Crippen LogP contribution in [-0.2, 0) is 6.54 Å². The maximum Gasteiger partial charge on any atom is 0.246 e. The largest absolute Gasteiger partial charge is 0.396 e. The van der Waals surface area contributed by atoms with Crippen LogP contribution in [0.2, 0.25) is 0 Å². The minimum Gasteiger partial charge on any atom is -0.396 e. The molecule has 3 N–H and O–H groups in total. The molecule has 3 heterocycles. The highest BCUT2D eigenvalue weighted by Gasteiger charge is 2.23. The second-order valence-corrected chi connectivity index (χ2v) is 5.37. The summed E-state index contributed by atoms with van der Waals surface area (Å²) in [5, 5.41) is 3.31. The van der Waals surface area contributed by atoms with Gasteiger partial charge in [0.15, 0.2) is 5.82 Å². The Kier molecular flexibility index (Phi) is 3.00. The van der Waals surface area contributed by atoms with Crippen LogP contribution in [0.5, 0.6) is 0 Å². The van der Waals surface area contributed by atoms with E-state index in [4.69, 9.17) is 5.73 Å². The Labute approximate surface area is 131 Å². The van der Waals surface area contributed by atoms with Gasteiger partial charge in [0.2, 0.25) is 5.62 Å². The molecule has 1 aromatic carbocycles. The van der Waals surface area contributed by atoms with Crippen LogP contribution in [0.3, 0.4) is 0 Å². The van der Waals surface area contributed by atoms with Gasteiger partial charge in [-0.2, -0.15) is 4.98 Å². The van der Waals surface area contributed by atoms with Gasteiger partial charge in [-0.1, -0.05) is 12.1 Å². The van der Waals surface area contributed by atoms with Crippen LogP contribution in [0.25, 0.3) is 22.5 Å². The fraction of sp³-hybridized carbons (Fsp3) is 0.188. The van der Waals surface area contributed by atoms with Crippen LogP contribution in [0.15, 0.2) is 35.5 Å². The van der Waals surface area contributed by atoms with Gasteiger partial charge in [0.25, 0.3) is 0 Å². The molecule has 3 aliphatic heterocycles. The van der Waals surface area contributed by atoms with Crippen LogP contribution in [0.4, 0.5) is 15.9 Å². The number of nitrogens with two attached hydrogens (primary N) is 1. The van der Waals surface area contributed by atoms with Crippen LogP contribution in [0.1, 0.15) is 0 Å². The zero-order chi connectivity index (χ0) is 16.0. The molecule has 7 heteroatoms. The van der Waals surface area contributed by atoms with E-state index in [1.54, 1.807) is 31.4 Å². The monoisotopic (exact) mass is 310 g/mol. The van der Waals surface area contributed by atoms with E-state index in [1.807, 2.05) is 10.6 Å². The van der Waals surface area contributed by atoms with Crippen molar-refractivity contribution in [1.29, 1.82) is 0 Å². The number of nitrogens with one attached hydrogen (secondary N) is 1. The van der Waals surface area contributed by atoms with Gasteiger partial charge in [-0.3, -0.25) is 4.99 Å². The molecule has 4 rings (SSSR count). The number of benzene rings is 1. The maximum atomic E-state index is 14.5. The molecule has 23 heavy (non-hydrogen) atoms. The molecule has 0 radical (unpaired) electrons. The number of anilines is 2. The zero-order valence-electron chi connectivity index (χ0n) is 12.5. The van der Waals surface area contributed by atoms with Gasteiger partial charge in [0.1, 0.15) is 11.6 Å². The quantitative estimate of drug-likeness (QED) is 0.671. The first-order valence-electron chi connectivity index (χ1n) is 7.30. The van der Waals surface area contributed by atoms with Crippen molar-refractivity contribution >= 4 is 11.5 Å². The van der Waals surface area contributed by atoms with Crippen molar-refractivity contribution in [2.45, 2.75) is 6.54 Å². The molecule has 6 nitrogen and oxygen atoms in total. The highest BCUT2D eigenvalue weighted by Crippen LogP contribution is 2.38. The van der Waals surface area contributed by atoms with Gasteiger partial charge in [0.05, 0.1) is 5.69 Å². The molecule has 1 aromatic rings. The van der Waals surface area contributed by atoms with Crippen LogP contribution in [0, 0.1) is 5.82 Å². The second-order valence-electron chi connectivity index (χ2n) is 5.37. The summed E-state index contributed by atoms with van der Waals surface area (Å²) < 4.78 is 16.5. The molecule has 0 aliphatic carbocycles. The Hall–Kier alpha value is -2.96. The minimum atomic E-state index is -0.413. The zero-order valence-corrected chi connectivity index (χ0v) is 12.5. The first-order chi connectivity index (χ1) is 11.2. The highest BCUT2D eigenvalue weighted by molar-refractivity contribution is 5.83. The average molecular weight is 310 g/mol. The Bertz CT molecular complexity index is 946. The number of pyridine rings is 1. The number of nitrogen functional groups attached to an aromatic ring is 1. The molecule has 0 saturated carbocycles. The topological polar surface area (TPSA) is 81.1 Å².